The highest BCUT2D eigenvalue weighted by atomic mass is 79.9. The minimum atomic E-state index is -0.251. The summed E-state index contributed by atoms with van der Waals surface area (Å²) < 4.78 is 0. The number of nitrogens with one attached hydrogen (secondary N) is 1. The van der Waals surface area contributed by atoms with E-state index in [2.05, 4.69) is 33.0 Å². The summed E-state index contributed by atoms with van der Waals surface area (Å²) in [7, 11) is 0. The van der Waals surface area contributed by atoms with Crippen LogP contribution in [0, 0.1) is 0 Å². The van der Waals surface area contributed by atoms with Crippen molar-refractivity contribution in [3.63, 3.8) is 0 Å². The van der Waals surface area contributed by atoms with E-state index in [0.29, 0.717) is 5.33 Å². The number of H-pyrrole nitrogens is 1. The van der Waals surface area contributed by atoms with Crippen molar-refractivity contribution in [2.45, 2.75) is 18.9 Å². The standard InChI is InChI=1S/C12H14BrNO/c13-7-10(15)6-5-9-8-14-12-4-2-1-3-11(9)12/h1-4,8,10,14-15H,5-7H2. The number of aliphatic hydroxyl groups excluding tert-OH is 1. The largest absolute Gasteiger partial charge is 0.392 e. The monoisotopic (exact) mass is 267 g/mol. The van der Waals surface area contributed by atoms with Gasteiger partial charge in [-0.1, -0.05) is 34.1 Å². The molecule has 15 heavy (non-hydrogen) atoms. The molecule has 0 saturated carbocycles. The number of halogens is 1. The molecule has 0 bridgehead atoms. The van der Waals surface area contributed by atoms with Crippen LogP contribution in [0.3, 0.4) is 0 Å². The van der Waals surface area contributed by atoms with Crippen molar-refractivity contribution in [1.29, 1.82) is 0 Å². The molecule has 1 atom stereocenters. The van der Waals surface area contributed by atoms with Crippen LogP contribution in [0.4, 0.5) is 0 Å². The fraction of sp³-hybridized carbons (Fsp3) is 0.333. The number of alkyl halides is 1. The average molecular weight is 268 g/mol. The first-order valence-corrected chi connectivity index (χ1v) is 6.22. The Kier molecular flexibility index (Phi) is 3.44. The molecule has 0 amide bonds. The molecule has 2 rings (SSSR count). The fourth-order valence-corrected chi connectivity index (χ4v) is 2.06. The Morgan fingerprint density at radius 2 is 2.13 bits per heavy atom. The number of aliphatic hydroxyl groups is 1. The van der Waals surface area contributed by atoms with Crippen LogP contribution >= 0.6 is 15.9 Å². The van der Waals surface area contributed by atoms with E-state index in [9.17, 15) is 5.11 Å². The Hall–Kier alpha value is -0.800. The molecule has 1 aromatic carbocycles. The molecule has 1 heterocycles. The van der Waals surface area contributed by atoms with Crippen LogP contribution in [0.5, 0.6) is 0 Å². The van der Waals surface area contributed by atoms with Gasteiger partial charge in [0.25, 0.3) is 0 Å². The van der Waals surface area contributed by atoms with Crippen molar-refractivity contribution in [2.24, 2.45) is 0 Å². The molecule has 3 heteroatoms. The van der Waals surface area contributed by atoms with Gasteiger partial charge in [0.05, 0.1) is 6.10 Å². The SMILES string of the molecule is OC(CBr)CCc1c[nH]c2ccccc12. The second-order valence-electron chi connectivity index (χ2n) is 3.71. The van der Waals surface area contributed by atoms with Gasteiger partial charge in [0.2, 0.25) is 0 Å². The number of para-hydroxylation sites is 1. The van der Waals surface area contributed by atoms with Crippen LogP contribution < -0.4 is 0 Å². The first-order chi connectivity index (χ1) is 7.31. The Balaban J connectivity index is 2.14. The molecule has 0 saturated heterocycles. The predicted octanol–water partition coefficient (Wildman–Crippen LogP) is 2.86. The Bertz CT molecular complexity index is 438. The van der Waals surface area contributed by atoms with Crippen molar-refractivity contribution in [1.82, 2.24) is 4.98 Å². The third kappa shape index (κ3) is 2.41. The van der Waals surface area contributed by atoms with E-state index in [1.165, 1.54) is 16.5 Å². The van der Waals surface area contributed by atoms with Gasteiger partial charge in [-0.3, -0.25) is 0 Å². The fourth-order valence-electron chi connectivity index (χ4n) is 1.74. The number of hydrogen-bond acceptors (Lipinski definition) is 1. The molecular formula is C12H14BrNO. The van der Waals surface area contributed by atoms with Crippen LogP contribution in [0.25, 0.3) is 10.9 Å². The van der Waals surface area contributed by atoms with E-state index < -0.39 is 0 Å². The average Bonchev–Trinajstić information content (AvgIpc) is 2.69. The molecule has 2 nitrogen and oxygen atoms in total. The molecule has 80 valence electrons. The van der Waals surface area contributed by atoms with Gasteiger partial charge in [-0.05, 0) is 24.5 Å². The van der Waals surface area contributed by atoms with Crippen molar-refractivity contribution >= 4 is 26.8 Å². The lowest BCUT2D eigenvalue weighted by molar-refractivity contribution is 0.191. The summed E-state index contributed by atoms with van der Waals surface area (Å²) in [4.78, 5) is 3.24. The van der Waals surface area contributed by atoms with E-state index in [-0.39, 0.29) is 6.10 Å². The van der Waals surface area contributed by atoms with Gasteiger partial charge >= 0.3 is 0 Å². The van der Waals surface area contributed by atoms with Crippen molar-refractivity contribution in [3.8, 4) is 0 Å². The molecule has 0 aliphatic carbocycles. The maximum absolute atomic E-state index is 9.47. The smallest absolute Gasteiger partial charge is 0.0640 e. The Morgan fingerprint density at radius 1 is 1.33 bits per heavy atom. The summed E-state index contributed by atoms with van der Waals surface area (Å²) in [6.45, 7) is 0. The molecule has 0 spiro atoms. The zero-order valence-electron chi connectivity index (χ0n) is 8.41. The maximum Gasteiger partial charge on any atom is 0.0640 e. The Labute approximate surface area is 97.4 Å². The lowest BCUT2D eigenvalue weighted by Crippen LogP contribution is -2.08. The minimum Gasteiger partial charge on any atom is -0.392 e. The van der Waals surface area contributed by atoms with E-state index >= 15 is 0 Å². The van der Waals surface area contributed by atoms with Gasteiger partial charge in [0.15, 0.2) is 0 Å². The van der Waals surface area contributed by atoms with Crippen LogP contribution in [0.2, 0.25) is 0 Å². The highest BCUT2D eigenvalue weighted by Gasteiger charge is 2.06. The third-order valence-electron chi connectivity index (χ3n) is 2.60. The maximum atomic E-state index is 9.47. The summed E-state index contributed by atoms with van der Waals surface area (Å²) >= 11 is 3.27. The van der Waals surface area contributed by atoms with E-state index in [4.69, 9.17) is 0 Å². The quantitative estimate of drug-likeness (QED) is 0.822. The van der Waals surface area contributed by atoms with Gasteiger partial charge in [-0.2, -0.15) is 0 Å². The summed E-state index contributed by atoms with van der Waals surface area (Å²) in [5.74, 6) is 0. The van der Waals surface area contributed by atoms with Gasteiger partial charge in [-0.25, -0.2) is 0 Å². The van der Waals surface area contributed by atoms with Crippen molar-refractivity contribution in [2.75, 3.05) is 5.33 Å². The van der Waals surface area contributed by atoms with E-state index in [0.717, 1.165) is 12.8 Å². The highest BCUT2D eigenvalue weighted by molar-refractivity contribution is 9.09. The lowest BCUT2D eigenvalue weighted by atomic mass is 10.1. The number of aromatic amines is 1. The summed E-state index contributed by atoms with van der Waals surface area (Å²) in [6, 6.07) is 8.25. The molecule has 0 aliphatic heterocycles. The molecule has 2 N–H and O–H groups in total. The molecule has 0 aliphatic rings. The lowest BCUT2D eigenvalue weighted by Gasteiger charge is -2.05. The predicted molar refractivity (Wildman–Crippen MR) is 66.4 cm³/mol. The summed E-state index contributed by atoms with van der Waals surface area (Å²) in [6.07, 6.45) is 3.49. The van der Waals surface area contributed by atoms with Crippen molar-refractivity contribution in [3.05, 3.63) is 36.0 Å². The van der Waals surface area contributed by atoms with Crippen LogP contribution in [-0.2, 0) is 6.42 Å². The third-order valence-corrected chi connectivity index (χ3v) is 3.35. The molecule has 1 unspecified atom stereocenters. The van der Waals surface area contributed by atoms with Gasteiger partial charge in [0, 0.05) is 22.4 Å². The van der Waals surface area contributed by atoms with Gasteiger partial charge in [0.1, 0.15) is 0 Å². The first-order valence-electron chi connectivity index (χ1n) is 5.10. The van der Waals surface area contributed by atoms with Gasteiger partial charge < -0.3 is 10.1 Å². The number of rotatable bonds is 4. The second kappa shape index (κ2) is 4.81. The molecular weight excluding hydrogens is 254 g/mol. The number of benzene rings is 1. The topological polar surface area (TPSA) is 36.0 Å². The minimum absolute atomic E-state index is 0.251. The van der Waals surface area contributed by atoms with Crippen LogP contribution in [-0.4, -0.2) is 21.5 Å². The normalized spacial score (nSPS) is 13.2. The molecule has 0 radical (unpaired) electrons. The first kappa shape index (κ1) is 10.7. The highest BCUT2D eigenvalue weighted by Crippen LogP contribution is 2.19. The zero-order valence-corrected chi connectivity index (χ0v) is 10.00. The summed E-state index contributed by atoms with van der Waals surface area (Å²) in [5, 5.41) is 11.4. The second-order valence-corrected chi connectivity index (χ2v) is 4.35. The molecule has 2 aromatic rings. The van der Waals surface area contributed by atoms with E-state index in [1.807, 2.05) is 18.3 Å². The van der Waals surface area contributed by atoms with Crippen LogP contribution in [0.1, 0.15) is 12.0 Å². The molecule has 1 aromatic heterocycles. The number of aromatic nitrogens is 1. The number of aryl methyl sites for hydroxylation is 1. The van der Waals surface area contributed by atoms with Gasteiger partial charge in [-0.15, -0.1) is 0 Å². The summed E-state index contributed by atoms with van der Waals surface area (Å²) in [5.41, 5.74) is 2.45. The number of hydrogen-bond donors (Lipinski definition) is 2. The van der Waals surface area contributed by atoms with Crippen LogP contribution in [0.15, 0.2) is 30.5 Å². The number of fused-ring (bicyclic) bond motifs is 1. The molecule has 0 fully saturated rings. The Morgan fingerprint density at radius 3 is 2.93 bits per heavy atom. The van der Waals surface area contributed by atoms with E-state index in [1.54, 1.807) is 0 Å². The zero-order chi connectivity index (χ0) is 10.7. The van der Waals surface area contributed by atoms with Crippen molar-refractivity contribution < 1.29 is 5.11 Å².